The molecule has 10 nitrogen and oxygen atoms in total. The van der Waals surface area contributed by atoms with Gasteiger partial charge >= 0.3 is 5.97 Å². The number of ether oxygens (including phenoxy) is 1. The molecule has 0 unspecified atom stereocenters. The number of likely N-dealkylation sites (N-methyl/N-ethyl adjacent to an activating group) is 1. The molecule has 3 spiro atoms. The van der Waals surface area contributed by atoms with Crippen molar-refractivity contribution in [2.24, 2.45) is 105 Å². The molecule has 14 aliphatic carbocycles. The lowest BCUT2D eigenvalue weighted by atomic mass is 9.30. The summed E-state index contributed by atoms with van der Waals surface area (Å²) in [6, 6.07) is 16.7. The molecule has 1 aliphatic heterocycles. The predicted molar refractivity (Wildman–Crippen MR) is 308 cm³/mol. The van der Waals surface area contributed by atoms with Crippen LogP contribution < -0.4 is 5.32 Å². The Morgan fingerprint density at radius 1 is 0.780 bits per heavy atom. The van der Waals surface area contributed by atoms with E-state index in [1.165, 1.54) is 18.4 Å². The monoisotopic (exact) mass is 1110 g/mol. The Balaban J connectivity index is 0.966. The summed E-state index contributed by atoms with van der Waals surface area (Å²) in [5.41, 5.74) is -5.92. The van der Waals surface area contributed by atoms with Crippen molar-refractivity contribution in [3.63, 3.8) is 0 Å². The maximum Gasteiger partial charge on any atom is 0.331 e. The third-order valence-corrected chi connectivity index (χ3v) is 28.1. The van der Waals surface area contributed by atoms with Crippen LogP contribution >= 0.6 is 0 Å². The summed E-state index contributed by atoms with van der Waals surface area (Å²) in [5, 5.41) is 89.4. The molecule has 17 rings (SSSR count). The maximum absolute atomic E-state index is 15.9. The number of hydrogen-bond donors (Lipinski definition) is 7. The molecule has 434 valence electrons. The molecule has 82 heavy (non-hydrogen) atoms. The van der Waals surface area contributed by atoms with Crippen LogP contribution in [0.3, 0.4) is 0 Å². The van der Waals surface area contributed by atoms with E-state index in [9.17, 15) is 20.1 Å². The second kappa shape index (κ2) is 18.7. The van der Waals surface area contributed by atoms with Crippen molar-refractivity contribution < 1.29 is 45.0 Å². The lowest BCUT2D eigenvalue weighted by Crippen LogP contribution is -2.88. The minimum absolute atomic E-state index is 0.00246. The number of rotatable bonds is 5. The van der Waals surface area contributed by atoms with Crippen molar-refractivity contribution in [2.75, 3.05) is 7.05 Å². The van der Waals surface area contributed by atoms with E-state index in [1.807, 2.05) is 19.2 Å². The fourth-order valence-corrected chi connectivity index (χ4v) is 25.4. The highest BCUT2D eigenvalue weighted by Gasteiger charge is 2.89. The summed E-state index contributed by atoms with van der Waals surface area (Å²) in [6.07, 6.45) is 20.0. The first-order valence-electron chi connectivity index (χ1n) is 32.8. The van der Waals surface area contributed by atoms with Gasteiger partial charge in [-0.15, -0.1) is 5.92 Å². The predicted octanol–water partition coefficient (Wildman–Crippen LogP) is 8.91. The number of carbonyl (C=O) groups excluding carboxylic acids is 2. The third kappa shape index (κ3) is 6.76. The quantitative estimate of drug-likeness (QED) is 0.0663. The van der Waals surface area contributed by atoms with Crippen LogP contribution in [-0.2, 0) is 27.4 Å². The molecule has 7 N–H and O–H groups in total. The van der Waals surface area contributed by atoms with Gasteiger partial charge in [-0.1, -0.05) is 111 Å². The molecule has 10 saturated carbocycles. The Labute approximate surface area is 485 Å². The highest BCUT2D eigenvalue weighted by atomic mass is 16.5. The molecule has 0 amide bonds. The topological polar surface area (TPSA) is 177 Å². The number of esters is 1. The number of aliphatic hydroxyl groups is 6. The minimum Gasteiger partial charge on any atom is -0.454 e. The third-order valence-electron chi connectivity index (χ3n) is 28.1. The summed E-state index contributed by atoms with van der Waals surface area (Å²) in [5.74, 6) is 11.9. The van der Waals surface area contributed by atoms with Crippen LogP contribution in [0.25, 0.3) is 0 Å². The van der Waals surface area contributed by atoms with Gasteiger partial charge in [0.25, 0.3) is 0 Å². The Kier molecular flexibility index (Phi) is 12.2. The van der Waals surface area contributed by atoms with Gasteiger partial charge < -0.3 is 45.5 Å². The largest absolute Gasteiger partial charge is 0.454 e. The average Bonchev–Trinajstić information content (AvgIpc) is 1.20. The standard InChI is InChI=1S/C72H87NO9/c1-73-59-33-52-43(16-9-19-46(52)37-74)24-28-66(26-7-8-27-66)38-68-35-45-18-11-21-50-49(42-12-3-2-4-13-42)22-23-56-51(50)25-29-67(56)39-69(40-75)63(45)72(81,70(68,79)36-47-30-54(59)62-55(61(47)68)34-60(76)82-62)65(78)58-32-53-44(31-57(64(67)77)71(58,69)80)17-10-20-48(53)41-14-5-6-15-41/h2-4,9-10,12-13,16-17,19,34,40-41,44-45,47-51,53-54,56-59,61-65,73-74,77-81H,5-8,14-15,20-23,25-27,29-33,35-39H2,1H3/t44-,45-,47+,48+,49+,50-,51-,53-,54+,56+,57+,58-,59+,61-,62+,63-,64-,65+,67-,68+,69+,70-,71-,72-/m1/s1. The van der Waals surface area contributed by atoms with Gasteiger partial charge in [0.15, 0.2) is 0 Å². The number of hydrogen-bond acceptors (Lipinski definition) is 10. The molecule has 9 bridgehead atoms. The molecule has 0 radical (unpaired) electrons. The summed E-state index contributed by atoms with van der Waals surface area (Å²) < 4.78 is 6.57. The molecule has 0 aromatic heterocycles. The van der Waals surface area contributed by atoms with Gasteiger partial charge in [-0.2, -0.15) is 0 Å². The van der Waals surface area contributed by atoms with E-state index < -0.39 is 92.3 Å². The van der Waals surface area contributed by atoms with E-state index in [0.717, 1.165) is 92.8 Å². The zero-order valence-electron chi connectivity index (χ0n) is 48.1. The number of nitrogens with one attached hydrogen (secondary N) is 1. The molecule has 10 heteroatoms. The smallest absolute Gasteiger partial charge is 0.331 e. The first kappa shape index (κ1) is 53.4. The minimum atomic E-state index is -2.38. The van der Waals surface area contributed by atoms with E-state index in [4.69, 9.17) is 4.74 Å². The number of carbonyl (C=O) groups is 2. The van der Waals surface area contributed by atoms with E-state index in [1.54, 1.807) is 6.08 Å². The van der Waals surface area contributed by atoms with Gasteiger partial charge in [0, 0.05) is 69.9 Å². The van der Waals surface area contributed by atoms with Crippen LogP contribution in [0.4, 0.5) is 0 Å². The van der Waals surface area contributed by atoms with Crippen molar-refractivity contribution in [1.82, 2.24) is 5.32 Å². The summed E-state index contributed by atoms with van der Waals surface area (Å²) >= 11 is 0. The molecule has 1 heterocycles. The number of aliphatic hydroxyl groups excluding tert-OH is 3. The van der Waals surface area contributed by atoms with E-state index in [-0.39, 0.29) is 85.2 Å². The molecular formula is C72H87NO9. The lowest BCUT2D eigenvalue weighted by Gasteiger charge is -2.76. The Hall–Kier alpha value is -4.10. The molecule has 2 aromatic carbocycles. The van der Waals surface area contributed by atoms with Crippen LogP contribution in [0.2, 0.25) is 0 Å². The van der Waals surface area contributed by atoms with Crippen LogP contribution in [0.5, 0.6) is 0 Å². The Morgan fingerprint density at radius 3 is 2.37 bits per heavy atom. The highest BCUT2D eigenvalue weighted by Crippen LogP contribution is 2.82. The summed E-state index contributed by atoms with van der Waals surface area (Å²) in [7, 11) is 1.95. The molecule has 2 aromatic rings. The van der Waals surface area contributed by atoms with E-state index >= 15 is 20.1 Å². The molecule has 0 saturated heterocycles. The Morgan fingerprint density at radius 2 is 1.59 bits per heavy atom. The molecule has 24 atom stereocenters. The first-order chi connectivity index (χ1) is 39.7. The van der Waals surface area contributed by atoms with Crippen LogP contribution in [0.15, 0.2) is 72.3 Å². The van der Waals surface area contributed by atoms with E-state index in [2.05, 4.69) is 77.5 Å². The van der Waals surface area contributed by atoms with Crippen LogP contribution in [0, 0.1) is 128 Å². The maximum atomic E-state index is 15.9. The van der Waals surface area contributed by atoms with Gasteiger partial charge in [-0.25, -0.2) is 4.79 Å². The summed E-state index contributed by atoms with van der Waals surface area (Å²) in [6.45, 7) is -0.139. The van der Waals surface area contributed by atoms with Gasteiger partial charge in [-0.05, 0) is 191 Å². The zero-order chi connectivity index (χ0) is 55.9. The van der Waals surface area contributed by atoms with Crippen LogP contribution in [-0.4, -0.2) is 91.1 Å². The van der Waals surface area contributed by atoms with Gasteiger partial charge in [0.1, 0.15) is 23.6 Å². The molecular weight excluding hydrogens is 1020 g/mol. The normalized spacial score (nSPS) is 50.4. The fourth-order valence-electron chi connectivity index (χ4n) is 25.4. The summed E-state index contributed by atoms with van der Waals surface area (Å²) in [4.78, 5) is 30.2. The fraction of sp³-hybridized carbons (Fsp3) is 0.694. The van der Waals surface area contributed by atoms with Crippen molar-refractivity contribution in [3.05, 3.63) is 94.6 Å². The van der Waals surface area contributed by atoms with E-state index in [0.29, 0.717) is 50.9 Å². The second-order valence-electron chi connectivity index (χ2n) is 30.3. The number of allylic oxidation sites excluding steroid dienone is 2. The second-order valence-corrected chi connectivity index (χ2v) is 30.3. The molecule has 10 fully saturated rings. The lowest BCUT2D eigenvalue weighted by molar-refractivity contribution is -0.392. The average molecular weight is 1110 g/mol. The van der Waals surface area contributed by atoms with Crippen molar-refractivity contribution in [3.8, 4) is 23.7 Å². The highest BCUT2D eigenvalue weighted by molar-refractivity contribution is 5.86. The molecule has 15 aliphatic rings. The SMILES string of the molecule is CN[C@H]1Cc2c(cccc2CO)C#CC2(CCCC2)C[C@]23C[C@H]4C#CC[C@H]5[C@H]6CC[C@@]7(C[C@]8(C=O)[C@@H]4[C@@](O)([C@@H](O)[C@H]4C[C@@H]9[C@H](C=CC[C@H]9C9CCCC9)C[C@@H]([C@H]7O)[C@@]48O)[C@@]2(O)C[C@@H]2C[C@@H]1[C@@H]1OC(=O)C=C1[C@@H]23)[C@H]6CC[C@H]5c1ccccc1. The first-order valence-corrected chi connectivity index (χ1v) is 32.8. The van der Waals surface area contributed by atoms with Crippen molar-refractivity contribution in [2.45, 2.75) is 195 Å². The van der Waals surface area contributed by atoms with Crippen molar-refractivity contribution >= 4 is 12.3 Å². The number of fused-ring (bicyclic) bond motifs is 3. The van der Waals surface area contributed by atoms with Crippen LogP contribution in [0.1, 0.15) is 163 Å². The Bertz CT molecular complexity index is 3140. The van der Waals surface area contributed by atoms with Gasteiger partial charge in [0.05, 0.1) is 29.8 Å². The van der Waals surface area contributed by atoms with Crippen molar-refractivity contribution in [1.29, 1.82) is 0 Å². The zero-order valence-corrected chi connectivity index (χ0v) is 48.1. The van der Waals surface area contributed by atoms with Gasteiger partial charge in [-0.3, -0.25) is 0 Å². The number of benzene rings is 2. The number of aldehydes is 1. The van der Waals surface area contributed by atoms with Gasteiger partial charge in [0.2, 0.25) is 0 Å².